The predicted octanol–water partition coefficient (Wildman–Crippen LogP) is 5.16. The molecule has 1 fully saturated rings. The molecular weight excluding hydrogens is 452 g/mol. The number of halogens is 3. The van der Waals surface area contributed by atoms with Gasteiger partial charge < -0.3 is 9.88 Å². The van der Waals surface area contributed by atoms with E-state index in [-0.39, 0.29) is 22.0 Å². The van der Waals surface area contributed by atoms with Gasteiger partial charge in [-0.05, 0) is 31.5 Å². The number of allylic oxidation sites excluding steroid dienone is 1. The van der Waals surface area contributed by atoms with Crippen molar-refractivity contribution in [2.75, 3.05) is 5.32 Å². The summed E-state index contributed by atoms with van der Waals surface area (Å²) in [6.45, 7) is 6.83. The second-order valence-corrected chi connectivity index (χ2v) is 8.86. The molecule has 2 aromatic rings. The summed E-state index contributed by atoms with van der Waals surface area (Å²) in [5, 5.41) is 11.6. The monoisotopic (exact) mass is 473 g/mol. The molecule has 0 bridgehead atoms. The van der Waals surface area contributed by atoms with Crippen LogP contribution < -0.4 is 5.32 Å². The van der Waals surface area contributed by atoms with Crippen LogP contribution >= 0.6 is 11.6 Å². The number of carbonyl (C=O) groups is 3. The number of anilines is 1. The summed E-state index contributed by atoms with van der Waals surface area (Å²) >= 11 is 6.37. The van der Waals surface area contributed by atoms with Gasteiger partial charge in [0.25, 0.3) is 5.91 Å². The number of hydrogen-bond acceptors (Lipinski definition) is 4. The van der Waals surface area contributed by atoms with Crippen LogP contribution in [0.1, 0.15) is 56.9 Å². The van der Waals surface area contributed by atoms with E-state index in [4.69, 9.17) is 11.6 Å². The fourth-order valence-corrected chi connectivity index (χ4v) is 4.58. The molecule has 1 saturated carbocycles. The number of ketones is 2. The second kappa shape index (κ2) is 8.56. The second-order valence-electron chi connectivity index (χ2n) is 8.48. The van der Waals surface area contributed by atoms with Gasteiger partial charge in [-0.2, -0.15) is 5.26 Å². The smallest absolute Gasteiger partial charge is 0.273 e. The maximum absolute atomic E-state index is 13.4. The average Bonchev–Trinajstić information content (AvgIpc) is 2.95. The van der Waals surface area contributed by atoms with Gasteiger partial charge in [-0.25, -0.2) is 8.78 Å². The van der Waals surface area contributed by atoms with E-state index in [0.717, 1.165) is 5.56 Å². The summed E-state index contributed by atoms with van der Waals surface area (Å²) in [5.74, 6) is -5.33. The van der Waals surface area contributed by atoms with Gasteiger partial charge in [-0.1, -0.05) is 23.7 Å². The van der Waals surface area contributed by atoms with E-state index < -0.39 is 48.1 Å². The van der Waals surface area contributed by atoms with E-state index in [0.29, 0.717) is 11.3 Å². The first-order valence-electron chi connectivity index (χ1n) is 10.1. The van der Waals surface area contributed by atoms with Crippen molar-refractivity contribution in [1.29, 1.82) is 5.26 Å². The highest BCUT2D eigenvalue weighted by atomic mass is 35.5. The van der Waals surface area contributed by atoms with Crippen molar-refractivity contribution in [2.45, 2.75) is 39.0 Å². The third kappa shape index (κ3) is 4.46. The van der Waals surface area contributed by atoms with Crippen LogP contribution in [0.25, 0.3) is 0 Å². The Kier molecular flexibility index (Phi) is 6.31. The summed E-state index contributed by atoms with van der Waals surface area (Å²) in [6.07, 6.45) is -0.194. The van der Waals surface area contributed by atoms with Crippen LogP contribution in [-0.2, 0) is 11.8 Å². The Hall–Kier alpha value is -3.31. The standard InChI is InChI=1S/C24H22ClF2N3O3/c1-5-23(11-24(26,27)12-23)9-17(31)21(32)18-14(3)30(4)20(19(18)25)22(33)29-16-7-6-13(2)15(8-16)10-28/h5-8H,1,9,11-12H2,2-4H3,(H,29,33). The summed E-state index contributed by atoms with van der Waals surface area (Å²) in [6, 6.07) is 6.84. The van der Waals surface area contributed by atoms with Crippen molar-refractivity contribution in [3.63, 3.8) is 0 Å². The van der Waals surface area contributed by atoms with Crippen LogP contribution in [0.3, 0.4) is 0 Å². The number of carbonyl (C=O) groups excluding carboxylic acids is 3. The number of benzene rings is 1. The molecule has 0 spiro atoms. The van der Waals surface area contributed by atoms with Crippen molar-refractivity contribution < 1.29 is 23.2 Å². The van der Waals surface area contributed by atoms with Crippen LogP contribution in [0, 0.1) is 30.6 Å². The minimum atomic E-state index is -2.88. The zero-order valence-electron chi connectivity index (χ0n) is 18.4. The quantitative estimate of drug-likeness (QED) is 0.341. The zero-order valence-corrected chi connectivity index (χ0v) is 19.1. The topological polar surface area (TPSA) is 92.0 Å². The van der Waals surface area contributed by atoms with Gasteiger partial charge in [0, 0.05) is 43.1 Å². The Labute approximate surface area is 194 Å². The number of aryl methyl sites for hydroxylation is 1. The highest BCUT2D eigenvalue weighted by Crippen LogP contribution is 2.55. The first kappa shape index (κ1) is 24.3. The average molecular weight is 474 g/mol. The maximum Gasteiger partial charge on any atom is 0.273 e. The number of nitrogens with one attached hydrogen (secondary N) is 1. The van der Waals surface area contributed by atoms with E-state index in [1.165, 1.54) is 30.7 Å². The SMILES string of the molecule is C=CC1(CC(=O)C(=O)c2c(Cl)c(C(=O)Nc3ccc(C)c(C#N)c3)n(C)c2C)CC(F)(F)C1. The number of alkyl halides is 2. The van der Waals surface area contributed by atoms with Crippen LogP contribution in [0.4, 0.5) is 14.5 Å². The Morgan fingerprint density at radius 3 is 2.48 bits per heavy atom. The first-order chi connectivity index (χ1) is 15.3. The van der Waals surface area contributed by atoms with Crippen LogP contribution in [0.5, 0.6) is 0 Å². The van der Waals surface area contributed by atoms with Crippen molar-refractivity contribution >= 4 is 34.8 Å². The Morgan fingerprint density at radius 2 is 1.94 bits per heavy atom. The number of amides is 1. The maximum atomic E-state index is 13.4. The fourth-order valence-electron chi connectivity index (χ4n) is 4.15. The van der Waals surface area contributed by atoms with Crippen LogP contribution in [0.15, 0.2) is 30.9 Å². The number of nitriles is 1. The van der Waals surface area contributed by atoms with Gasteiger partial charge in [0.15, 0.2) is 0 Å². The summed E-state index contributed by atoms with van der Waals surface area (Å²) in [5.41, 5.74) is 0.475. The van der Waals surface area contributed by atoms with Crippen LogP contribution in [-0.4, -0.2) is 28.0 Å². The predicted molar refractivity (Wildman–Crippen MR) is 120 cm³/mol. The molecule has 1 amide bonds. The largest absolute Gasteiger partial charge is 0.342 e. The number of rotatable bonds is 7. The molecule has 0 aliphatic heterocycles. The third-order valence-electron chi connectivity index (χ3n) is 6.11. The molecule has 1 heterocycles. The van der Waals surface area contributed by atoms with Gasteiger partial charge in [0.1, 0.15) is 5.69 Å². The van der Waals surface area contributed by atoms with Crippen molar-refractivity contribution in [2.24, 2.45) is 12.5 Å². The summed E-state index contributed by atoms with van der Waals surface area (Å²) in [7, 11) is 1.52. The molecule has 0 saturated heterocycles. The zero-order chi connectivity index (χ0) is 24.7. The molecule has 1 N–H and O–H groups in total. The molecule has 1 aliphatic rings. The number of nitrogens with zero attached hydrogens (tertiary/aromatic N) is 2. The number of aromatic nitrogens is 1. The van der Waals surface area contributed by atoms with E-state index >= 15 is 0 Å². The Balaban J connectivity index is 1.86. The van der Waals surface area contributed by atoms with E-state index in [1.54, 1.807) is 19.1 Å². The minimum Gasteiger partial charge on any atom is -0.342 e. The molecule has 3 rings (SSSR count). The van der Waals surface area contributed by atoms with Gasteiger partial charge >= 0.3 is 0 Å². The van der Waals surface area contributed by atoms with Crippen molar-refractivity contribution in [3.8, 4) is 6.07 Å². The van der Waals surface area contributed by atoms with Gasteiger partial charge in [-0.15, -0.1) is 6.58 Å². The highest BCUT2D eigenvalue weighted by Gasteiger charge is 2.55. The first-order valence-corrected chi connectivity index (χ1v) is 10.5. The number of hydrogen-bond donors (Lipinski definition) is 1. The molecule has 0 atom stereocenters. The Bertz CT molecular complexity index is 1230. The number of Topliss-reactive ketones (excluding diaryl/α,β-unsaturated/α-hetero) is 2. The lowest BCUT2D eigenvalue weighted by Crippen LogP contribution is -2.46. The molecule has 0 unspecified atom stereocenters. The molecule has 33 heavy (non-hydrogen) atoms. The Morgan fingerprint density at radius 1 is 1.30 bits per heavy atom. The molecule has 0 radical (unpaired) electrons. The molecule has 1 aliphatic carbocycles. The van der Waals surface area contributed by atoms with E-state index in [1.807, 2.05) is 6.07 Å². The van der Waals surface area contributed by atoms with Gasteiger partial charge in [-0.3, -0.25) is 14.4 Å². The van der Waals surface area contributed by atoms with E-state index in [9.17, 15) is 28.4 Å². The molecule has 1 aromatic heterocycles. The molecular formula is C24H22ClF2N3O3. The van der Waals surface area contributed by atoms with Crippen molar-refractivity contribution in [1.82, 2.24) is 4.57 Å². The van der Waals surface area contributed by atoms with Crippen LogP contribution in [0.2, 0.25) is 5.02 Å². The lowest BCUT2D eigenvalue weighted by atomic mass is 9.63. The molecule has 6 nitrogen and oxygen atoms in total. The summed E-state index contributed by atoms with van der Waals surface area (Å²) in [4.78, 5) is 38.5. The highest BCUT2D eigenvalue weighted by molar-refractivity contribution is 6.49. The molecule has 172 valence electrons. The molecule has 9 heteroatoms. The van der Waals surface area contributed by atoms with Crippen molar-refractivity contribution in [3.05, 3.63) is 64.0 Å². The lowest BCUT2D eigenvalue weighted by Gasteiger charge is -2.44. The minimum absolute atomic E-state index is 0.0435. The van der Waals surface area contributed by atoms with Gasteiger partial charge in [0.05, 0.1) is 22.2 Å². The fraction of sp³-hybridized carbons (Fsp3) is 0.333. The normalized spacial score (nSPS) is 15.8. The third-order valence-corrected chi connectivity index (χ3v) is 6.47. The van der Waals surface area contributed by atoms with E-state index in [2.05, 4.69) is 11.9 Å². The molecule has 1 aromatic carbocycles. The summed E-state index contributed by atoms with van der Waals surface area (Å²) < 4.78 is 28.2. The lowest BCUT2D eigenvalue weighted by molar-refractivity contribution is -0.149. The van der Waals surface area contributed by atoms with Gasteiger partial charge in [0.2, 0.25) is 17.5 Å².